The van der Waals surface area contributed by atoms with E-state index in [2.05, 4.69) is 22.4 Å². The number of hydrazone groups is 1. The minimum Gasteiger partial charge on any atom is -0.490 e. The lowest BCUT2D eigenvalue weighted by Crippen LogP contribution is -2.32. The lowest BCUT2D eigenvalue weighted by atomic mass is 10.1. The molecular formula is C20H21N3O3. The van der Waals surface area contributed by atoms with Crippen molar-refractivity contribution in [3.8, 4) is 5.75 Å². The largest absolute Gasteiger partial charge is 0.490 e. The van der Waals surface area contributed by atoms with E-state index in [0.29, 0.717) is 18.0 Å². The van der Waals surface area contributed by atoms with Crippen LogP contribution in [0, 0.1) is 13.8 Å². The monoisotopic (exact) mass is 351 g/mol. The van der Waals surface area contributed by atoms with Crippen LogP contribution in [0.4, 0.5) is 5.69 Å². The number of amides is 2. The molecule has 0 saturated carbocycles. The van der Waals surface area contributed by atoms with Gasteiger partial charge in [0.25, 0.3) is 0 Å². The van der Waals surface area contributed by atoms with Crippen molar-refractivity contribution in [1.82, 2.24) is 5.43 Å². The van der Waals surface area contributed by atoms with Gasteiger partial charge in [-0.3, -0.25) is 9.59 Å². The smallest absolute Gasteiger partial charge is 0.329 e. The number of carbonyl (C=O) groups is 2. The normalized spacial score (nSPS) is 10.4. The number of nitrogens with one attached hydrogen (secondary N) is 2. The van der Waals surface area contributed by atoms with E-state index in [1.54, 1.807) is 36.4 Å². The highest BCUT2D eigenvalue weighted by molar-refractivity contribution is 6.39. The van der Waals surface area contributed by atoms with Crippen molar-refractivity contribution >= 4 is 23.7 Å². The van der Waals surface area contributed by atoms with Gasteiger partial charge >= 0.3 is 11.8 Å². The van der Waals surface area contributed by atoms with E-state index in [4.69, 9.17) is 4.74 Å². The van der Waals surface area contributed by atoms with Crippen LogP contribution in [0.3, 0.4) is 0 Å². The zero-order valence-corrected chi connectivity index (χ0v) is 14.8. The molecule has 0 aliphatic heterocycles. The van der Waals surface area contributed by atoms with E-state index >= 15 is 0 Å². The summed E-state index contributed by atoms with van der Waals surface area (Å²) in [5.41, 5.74) is 5.39. The zero-order chi connectivity index (χ0) is 18.9. The number of hydrogen-bond acceptors (Lipinski definition) is 4. The average molecular weight is 351 g/mol. The molecule has 0 heterocycles. The second-order valence-corrected chi connectivity index (χ2v) is 5.64. The molecule has 0 bridgehead atoms. The summed E-state index contributed by atoms with van der Waals surface area (Å²) in [4.78, 5) is 23.8. The first-order valence-electron chi connectivity index (χ1n) is 8.05. The fourth-order valence-corrected chi connectivity index (χ4v) is 2.11. The van der Waals surface area contributed by atoms with E-state index in [9.17, 15) is 9.59 Å². The van der Waals surface area contributed by atoms with Gasteiger partial charge in [-0.2, -0.15) is 5.10 Å². The van der Waals surface area contributed by atoms with Gasteiger partial charge in [0.05, 0.1) is 6.21 Å². The Morgan fingerprint density at radius 2 is 1.96 bits per heavy atom. The van der Waals surface area contributed by atoms with Crippen molar-refractivity contribution in [3.05, 3.63) is 71.8 Å². The van der Waals surface area contributed by atoms with Crippen LogP contribution < -0.4 is 15.5 Å². The molecule has 0 aliphatic carbocycles. The Morgan fingerprint density at radius 3 is 2.73 bits per heavy atom. The fraction of sp³-hybridized carbons (Fsp3) is 0.150. The maximum atomic E-state index is 12.0. The SMILES string of the molecule is C=CCOc1cccc(/C=N\NC(=O)C(=O)Nc2cc(C)ccc2C)c1. The molecule has 0 unspecified atom stereocenters. The quantitative estimate of drug-likeness (QED) is 0.363. The highest BCUT2D eigenvalue weighted by Gasteiger charge is 2.13. The summed E-state index contributed by atoms with van der Waals surface area (Å²) in [7, 11) is 0. The summed E-state index contributed by atoms with van der Waals surface area (Å²) >= 11 is 0. The molecule has 134 valence electrons. The van der Waals surface area contributed by atoms with Gasteiger partial charge in [0, 0.05) is 5.69 Å². The summed E-state index contributed by atoms with van der Waals surface area (Å²) in [6, 6.07) is 12.8. The standard InChI is InChI=1S/C20H21N3O3/c1-4-10-26-17-7-5-6-16(12-17)13-21-23-20(25)19(24)22-18-11-14(2)8-9-15(18)3/h4-9,11-13H,1,10H2,2-3H3,(H,22,24)(H,23,25)/b21-13-. The highest BCUT2D eigenvalue weighted by atomic mass is 16.5. The number of nitrogens with zero attached hydrogens (tertiary/aromatic N) is 1. The Hall–Kier alpha value is -3.41. The van der Waals surface area contributed by atoms with E-state index in [1.165, 1.54) is 6.21 Å². The van der Waals surface area contributed by atoms with Crippen LogP contribution in [0.2, 0.25) is 0 Å². The van der Waals surface area contributed by atoms with Gasteiger partial charge in [0.1, 0.15) is 12.4 Å². The van der Waals surface area contributed by atoms with Gasteiger partial charge in [-0.05, 0) is 48.7 Å². The third-order valence-electron chi connectivity index (χ3n) is 3.45. The van der Waals surface area contributed by atoms with Gasteiger partial charge in [-0.25, -0.2) is 5.43 Å². The highest BCUT2D eigenvalue weighted by Crippen LogP contribution is 2.16. The number of benzene rings is 2. The first kappa shape index (κ1) is 18.9. The molecule has 2 rings (SSSR count). The Labute approximate surface area is 152 Å². The number of anilines is 1. The molecule has 6 heteroatoms. The van der Waals surface area contributed by atoms with Gasteiger partial charge in [-0.1, -0.05) is 36.9 Å². The number of rotatable bonds is 6. The molecule has 6 nitrogen and oxygen atoms in total. The molecule has 2 aromatic rings. The second-order valence-electron chi connectivity index (χ2n) is 5.64. The molecule has 2 amide bonds. The van der Waals surface area contributed by atoms with Gasteiger partial charge in [-0.15, -0.1) is 0 Å². The minimum atomic E-state index is -0.846. The molecule has 0 radical (unpaired) electrons. The van der Waals surface area contributed by atoms with Crippen LogP contribution in [0.25, 0.3) is 0 Å². The summed E-state index contributed by atoms with van der Waals surface area (Å²) in [5.74, 6) is -0.965. The van der Waals surface area contributed by atoms with Crippen LogP contribution in [0.1, 0.15) is 16.7 Å². The predicted octanol–water partition coefficient (Wildman–Crippen LogP) is 2.96. The second kappa shape index (κ2) is 9.17. The fourth-order valence-electron chi connectivity index (χ4n) is 2.11. The lowest BCUT2D eigenvalue weighted by Gasteiger charge is -2.08. The Morgan fingerprint density at radius 1 is 1.15 bits per heavy atom. The molecule has 0 atom stereocenters. The van der Waals surface area contributed by atoms with E-state index in [-0.39, 0.29) is 0 Å². The van der Waals surface area contributed by atoms with Gasteiger partial charge in [0.15, 0.2) is 0 Å². The van der Waals surface area contributed by atoms with E-state index in [0.717, 1.165) is 16.7 Å². The third kappa shape index (κ3) is 5.59. The molecular weight excluding hydrogens is 330 g/mol. The first-order chi connectivity index (χ1) is 12.5. The number of ether oxygens (including phenoxy) is 1. The molecule has 0 spiro atoms. The first-order valence-corrected chi connectivity index (χ1v) is 8.05. The van der Waals surface area contributed by atoms with Crippen molar-refractivity contribution in [2.24, 2.45) is 5.10 Å². The summed E-state index contributed by atoms with van der Waals surface area (Å²) in [5, 5.41) is 6.38. The van der Waals surface area contributed by atoms with Gasteiger partial charge in [0.2, 0.25) is 0 Å². The van der Waals surface area contributed by atoms with Crippen molar-refractivity contribution in [1.29, 1.82) is 0 Å². The topological polar surface area (TPSA) is 79.8 Å². The molecule has 2 aromatic carbocycles. The van der Waals surface area contributed by atoms with Crippen LogP contribution in [-0.4, -0.2) is 24.6 Å². The molecule has 0 aliphatic rings. The third-order valence-corrected chi connectivity index (χ3v) is 3.45. The summed E-state index contributed by atoms with van der Waals surface area (Å²) in [6.07, 6.45) is 3.08. The maximum absolute atomic E-state index is 12.0. The van der Waals surface area contributed by atoms with Crippen LogP contribution in [0.15, 0.2) is 60.2 Å². The van der Waals surface area contributed by atoms with Crippen molar-refractivity contribution in [3.63, 3.8) is 0 Å². The molecule has 2 N–H and O–H groups in total. The molecule has 0 fully saturated rings. The van der Waals surface area contributed by atoms with E-state index < -0.39 is 11.8 Å². The molecule has 0 aromatic heterocycles. The summed E-state index contributed by atoms with van der Waals surface area (Å²) < 4.78 is 5.42. The van der Waals surface area contributed by atoms with Crippen molar-refractivity contribution in [2.75, 3.05) is 11.9 Å². The van der Waals surface area contributed by atoms with Gasteiger partial charge < -0.3 is 10.1 Å². The predicted molar refractivity (Wildman–Crippen MR) is 102 cm³/mol. The number of aryl methyl sites for hydroxylation is 2. The Balaban J connectivity index is 1.93. The van der Waals surface area contributed by atoms with Crippen molar-refractivity contribution < 1.29 is 14.3 Å². The minimum absolute atomic E-state index is 0.399. The molecule has 26 heavy (non-hydrogen) atoms. The zero-order valence-electron chi connectivity index (χ0n) is 14.8. The Kier molecular flexibility index (Phi) is 6.68. The summed E-state index contributed by atoms with van der Waals surface area (Å²) in [6.45, 7) is 7.75. The number of carbonyl (C=O) groups excluding carboxylic acids is 2. The van der Waals surface area contributed by atoms with Crippen LogP contribution in [0.5, 0.6) is 5.75 Å². The van der Waals surface area contributed by atoms with Crippen LogP contribution >= 0.6 is 0 Å². The molecule has 0 saturated heterocycles. The Bertz CT molecular complexity index is 844. The van der Waals surface area contributed by atoms with Crippen LogP contribution in [-0.2, 0) is 9.59 Å². The maximum Gasteiger partial charge on any atom is 0.329 e. The van der Waals surface area contributed by atoms with E-state index in [1.807, 2.05) is 26.0 Å². The average Bonchev–Trinajstić information content (AvgIpc) is 2.63. The number of hydrogen-bond donors (Lipinski definition) is 2. The van der Waals surface area contributed by atoms with Crippen molar-refractivity contribution in [2.45, 2.75) is 13.8 Å². The lowest BCUT2D eigenvalue weighted by molar-refractivity contribution is -0.136.